The molecule has 2 aromatic rings. The number of ketones is 1. The molecule has 0 saturated carbocycles. The molecule has 156 valence electrons. The summed E-state index contributed by atoms with van der Waals surface area (Å²) in [5, 5.41) is 7.33. The number of benzene rings is 1. The van der Waals surface area contributed by atoms with Crippen molar-refractivity contribution >= 4 is 28.9 Å². The molecule has 29 heavy (non-hydrogen) atoms. The number of carbonyl (C=O) groups is 3. The van der Waals surface area contributed by atoms with Crippen LogP contribution in [0.4, 0.5) is 0 Å². The van der Waals surface area contributed by atoms with Gasteiger partial charge in [-0.25, -0.2) is 0 Å². The quantitative estimate of drug-likeness (QED) is 0.387. The topological polar surface area (TPSA) is 84.5 Å². The highest BCUT2D eigenvalue weighted by Crippen LogP contribution is 2.15. The van der Waals surface area contributed by atoms with Crippen LogP contribution in [0.15, 0.2) is 47.8 Å². The fourth-order valence-corrected chi connectivity index (χ4v) is 3.35. The Bertz CT molecular complexity index is 762. The second-order valence-electron chi connectivity index (χ2n) is 6.63. The molecule has 6 nitrogen and oxygen atoms in total. The van der Waals surface area contributed by atoms with Gasteiger partial charge in [0.05, 0.1) is 11.0 Å². The third-order valence-corrected chi connectivity index (χ3v) is 5.24. The molecule has 0 aliphatic heterocycles. The molecule has 1 unspecified atom stereocenters. The minimum atomic E-state index is -0.217. The Morgan fingerprint density at radius 1 is 0.931 bits per heavy atom. The molecule has 1 heterocycles. The van der Waals surface area contributed by atoms with Crippen LogP contribution in [-0.4, -0.2) is 37.3 Å². The highest BCUT2D eigenvalue weighted by molar-refractivity contribution is 7.12. The Morgan fingerprint density at radius 3 is 2.38 bits per heavy atom. The van der Waals surface area contributed by atoms with Gasteiger partial charge in [-0.15, -0.1) is 11.3 Å². The minimum Gasteiger partial charge on any atom is -0.374 e. The SMILES string of the molecule is CC(OCCCNC(=O)CCNC(=O)CCC(=O)c1cccs1)c1ccccc1. The lowest BCUT2D eigenvalue weighted by Gasteiger charge is -2.13. The smallest absolute Gasteiger partial charge is 0.221 e. The van der Waals surface area contributed by atoms with E-state index in [1.165, 1.54) is 11.3 Å². The molecular formula is C22H28N2O4S. The van der Waals surface area contributed by atoms with E-state index in [-0.39, 0.29) is 49.5 Å². The zero-order valence-electron chi connectivity index (χ0n) is 16.7. The van der Waals surface area contributed by atoms with Gasteiger partial charge >= 0.3 is 0 Å². The van der Waals surface area contributed by atoms with E-state index in [9.17, 15) is 14.4 Å². The first-order chi connectivity index (χ1) is 14.1. The van der Waals surface area contributed by atoms with Gasteiger partial charge in [0.15, 0.2) is 5.78 Å². The van der Waals surface area contributed by atoms with Gasteiger partial charge in [-0.2, -0.15) is 0 Å². The number of hydrogen-bond acceptors (Lipinski definition) is 5. The molecule has 7 heteroatoms. The van der Waals surface area contributed by atoms with E-state index >= 15 is 0 Å². The van der Waals surface area contributed by atoms with Gasteiger partial charge in [0, 0.05) is 39.0 Å². The fraction of sp³-hybridized carbons (Fsp3) is 0.409. The van der Waals surface area contributed by atoms with E-state index in [2.05, 4.69) is 10.6 Å². The summed E-state index contributed by atoms with van der Waals surface area (Å²) in [4.78, 5) is 36.1. The third kappa shape index (κ3) is 9.02. The van der Waals surface area contributed by atoms with Crippen molar-refractivity contribution in [3.05, 3.63) is 58.3 Å². The number of nitrogens with one attached hydrogen (secondary N) is 2. The van der Waals surface area contributed by atoms with Crippen molar-refractivity contribution in [3.8, 4) is 0 Å². The van der Waals surface area contributed by atoms with Crippen LogP contribution >= 0.6 is 11.3 Å². The molecule has 2 amide bonds. The first-order valence-electron chi connectivity index (χ1n) is 9.83. The molecule has 1 atom stereocenters. The Hall–Kier alpha value is -2.51. The van der Waals surface area contributed by atoms with Gasteiger partial charge in [0.1, 0.15) is 0 Å². The summed E-state index contributed by atoms with van der Waals surface area (Å²) in [5.41, 5.74) is 1.13. The molecule has 0 aliphatic rings. The molecule has 0 radical (unpaired) electrons. The molecule has 2 rings (SSSR count). The van der Waals surface area contributed by atoms with Crippen LogP contribution in [0.3, 0.4) is 0 Å². The summed E-state index contributed by atoms with van der Waals surface area (Å²) >= 11 is 1.37. The summed E-state index contributed by atoms with van der Waals surface area (Å²) in [7, 11) is 0. The summed E-state index contributed by atoms with van der Waals surface area (Å²) < 4.78 is 5.76. The van der Waals surface area contributed by atoms with E-state index in [1.54, 1.807) is 6.07 Å². The van der Waals surface area contributed by atoms with Crippen LogP contribution in [0.1, 0.15) is 53.9 Å². The molecule has 0 saturated heterocycles. The standard InChI is InChI=1S/C22H28N2O4S/c1-17(18-7-3-2-4-8-18)28-15-6-13-23-22(27)12-14-24-21(26)11-10-19(25)20-9-5-16-29-20/h2-5,7-9,16-17H,6,10-15H2,1H3,(H,23,27)(H,24,26). The lowest BCUT2D eigenvalue weighted by molar-refractivity contribution is -0.122. The van der Waals surface area contributed by atoms with Crippen molar-refractivity contribution in [1.82, 2.24) is 10.6 Å². The number of hydrogen-bond donors (Lipinski definition) is 2. The van der Waals surface area contributed by atoms with Crippen molar-refractivity contribution in [2.45, 2.75) is 38.7 Å². The van der Waals surface area contributed by atoms with E-state index in [1.807, 2.05) is 48.7 Å². The van der Waals surface area contributed by atoms with Crippen molar-refractivity contribution in [3.63, 3.8) is 0 Å². The average Bonchev–Trinajstić information content (AvgIpc) is 3.27. The van der Waals surface area contributed by atoms with E-state index in [0.717, 1.165) is 12.0 Å². The number of carbonyl (C=O) groups excluding carboxylic acids is 3. The van der Waals surface area contributed by atoms with Crippen molar-refractivity contribution < 1.29 is 19.1 Å². The normalized spacial score (nSPS) is 11.6. The maximum atomic E-state index is 11.8. The van der Waals surface area contributed by atoms with Gasteiger partial charge in [0.25, 0.3) is 0 Å². The van der Waals surface area contributed by atoms with Crippen LogP contribution in [0.2, 0.25) is 0 Å². The third-order valence-electron chi connectivity index (χ3n) is 4.33. The Morgan fingerprint density at radius 2 is 1.66 bits per heavy atom. The van der Waals surface area contributed by atoms with Crippen molar-refractivity contribution in [1.29, 1.82) is 0 Å². The Labute approximate surface area is 175 Å². The molecular weight excluding hydrogens is 388 g/mol. The lowest BCUT2D eigenvalue weighted by atomic mass is 10.1. The maximum Gasteiger partial charge on any atom is 0.221 e. The molecule has 2 N–H and O–H groups in total. The molecule has 1 aromatic heterocycles. The van der Waals surface area contributed by atoms with Gasteiger partial charge in [-0.1, -0.05) is 36.4 Å². The lowest BCUT2D eigenvalue weighted by Crippen LogP contribution is -2.31. The van der Waals surface area contributed by atoms with E-state index < -0.39 is 0 Å². The second kappa shape index (κ2) is 12.9. The Kier molecular flexibility index (Phi) is 10.1. The van der Waals surface area contributed by atoms with Crippen LogP contribution in [0, 0.1) is 0 Å². The second-order valence-corrected chi connectivity index (χ2v) is 7.58. The minimum absolute atomic E-state index is 0.0220. The predicted octanol–water partition coefficient (Wildman–Crippen LogP) is 3.50. The summed E-state index contributed by atoms with van der Waals surface area (Å²) in [5.74, 6) is -0.362. The van der Waals surface area contributed by atoms with E-state index in [4.69, 9.17) is 4.74 Å². The first-order valence-corrected chi connectivity index (χ1v) is 10.7. The number of thiophene rings is 1. The summed E-state index contributed by atoms with van der Waals surface area (Å²) in [6.07, 6.45) is 1.27. The predicted molar refractivity (Wildman–Crippen MR) is 114 cm³/mol. The van der Waals surface area contributed by atoms with Gasteiger partial charge < -0.3 is 15.4 Å². The number of amides is 2. The summed E-state index contributed by atoms with van der Waals surface area (Å²) in [6.45, 7) is 3.36. The van der Waals surface area contributed by atoms with Crippen LogP contribution in [-0.2, 0) is 14.3 Å². The zero-order valence-corrected chi connectivity index (χ0v) is 17.5. The van der Waals surface area contributed by atoms with Crippen molar-refractivity contribution in [2.24, 2.45) is 0 Å². The number of Topliss-reactive ketones (excluding diaryl/α,β-unsaturated/α-hetero) is 1. The molecule has 0 spiro atoms. The highest BCUT2D eigenvalue weighted by atomic mass is 32.1. The molecule has 1 aromatic carbocycles. The Balaban J connectivity index is 1.47. The molecule has 0 aliphatic carbocycles. The largest absolute Gasteiger partial charge is 0.374 e. The molecule has 0 fully saturated rings. The van der Waals surface area contributed by atoms with Crippen LogP contribution in [0.25, 0.3) is 0 Å². The van der Waals surface area contributed by atoms with Crippen LogP contribution in [0.5, 0.6) is 0 Å². The van der Waals surface area contributed by atoms with Crippen LogP contribution < -0.4 is 10.6 Å². The van der Waals surface area contributed by atoms with Gasteiger partial charge in [-0.3, -0.25) is 14.4 Å². The fourth-order valence-electron chi connectivity index (χ4n) is 2.66. The van der Waals surface area contributed by atoms with Gasteiger partial charge in [-0.05, 0) is 30.4 Å². The van der Waals surface area contributed by atoms with Crippen molar-refractivity contribution in [2.75, 3.05) is 19.7 Å². The average molecular weight is 417 g/mol. The maximum absolute atomic E-state index is 11.8. The number of rotatable bonds is 13. The van der Waals surface area contributed by atoms with Gasteiger partial charge in [0.2, 0.25) is 11.8 Å². The highest BCUT2D eigenvalue weighted by Gasteiger charge is 2.10. The summed E-state index contributed by atoms with van der Waals surface area (Å²) in [6, 6.07) is 13.6. The molecule has 0 bridgehead atoms. The zero-order chi connectivity index (χ0) is 20.9. The monoisotopic (exact) mass is 416 g/mol. The van der Waals surface area contributed by atoms with E-state index in [0.29, 0.717) is 18.0 Å². The first kappa shape index (κ1) is 22.8. The number of ether oxygens (including phenoxy) is 1.